The van der Waals surface area contributed by atoms with Gasteiger partial charge < -0.3 is 9.64 Å². The van der Waals surface area contributed by atoms with Crippen LogP contribution in [0.4, 0.5) is 11.4 Å². The standard InChI is InChI=1S/C21H27NO2.CO2/c1-15(2)20(21(23)24-16(3)4)22(18-9-7-6-8-10-18)19-13-11-17(5)12-14-19;2-1-3/h6-16,20H,1-5H3;. The second kappa shape index (κ2) is 10.9. The molecule has 0 saturated heterocycles. The van der Waals surface area contributed by atoms with E-state index in [2.05, 4.69) is 49.9 Å². The highest BCUT2D eigenvalue weighted by molar-refractivity contribution is 5.84. The Bertz CT molecular complexity index is 733. The largest absolute Gasteiger partial charge is 0.461 e. The van der Waals surface area contributed by atoms with Gasteiger partial charge >= 0.3 is 12.1 Å². The maximum absolute atomic E-state index is 12.8. The highest BCUT2D eigenvalue weighted by Crippen LogP contribution is 2.31. The number of hydrogen-bond donors (Lipinski definition) is 0. The zero-order valence-corrected chi connectivity index (χ0v) is 16.5. The Hall–Kier alpha value is -2.91. The van der Waals surface area contributed by atoms with Gasteiger partial charge in [-0.3, -0.25) is 0 Å². The van der Waals surface area contributed by atoms with E-state index in [0.717, 1.165) is 11.4 Å². The monoisotopic (exact) mass is 369 g/mol. The highest BCUT2D eigenvalue weighted by Gasteiger charge is 2.32. The van der Waals surface area contributed by atoms with Crippen LogP contribution in [0.1, 0.15) is 33.3 Å². The lowest BCUT2D eigenvalue weighted by Gasteiger charge is -2.35. The van der Waals surface area contributed by atoms with Gasteiger partial charge in [0.05, 0.1) is 6.10 Å². The number of esters is 1. The number of anilines is 2. The Morgan fingerprint density at radius 3 is 1.81 bits per heavy atom. The molecular weight excluding hydrogens is 342 g/mol. The summed E-state index contributed by atoms with van der Waals surface area (Å²) in [6.07, 6.45) is 0.120. The molecule has 0 saturated carbocycles. The minimum Gasteiger partial charge on any atom is -0.461 e. The third kappa shape index (κ3) is 6.72. The van der Waals surface area contributed by atoms with Crippen LogP contribution in [0.15, 0.2) is 54.6 Å². The van der Waals surface area contributed by atoms with Crippen LogP contribution in [0, 0.1) is 12.8 Å². The van der Waals surface area contributed by atoms with E-state index in [4.69, 9.17) is 14.3 Å². The van der Waals surface area contributed by atoms with E-state index in [-0.39, 0.29) is 30.2 Å². The number of ether oxygens (including phenoxy) is 1. The number of benzene rings is 2. The molecule has 0 heterocycles. The molecule has 0 aromatic heterocycles. The number of rotatable bonds is 6. The first-order valence-electron chi connectivity index (χ1n) is 8.92. The SMILES string of the molecule is Cc1ccc(N(c2ccccc2)C(C(=O)OC(C)C)C(C)C)cc1.O=C=O. The summed E-state index contributed by atoms with van der Waals surface area (Å²) < 4.78 is 5.54. The minimum absolute atomic E-state index is 0.109. The van der Waals surface area contributed by atoms with Gasteiger partial charge in [-0.25, -0.2) is 4.79 Å². The molecular formula is C22H27NO4. The van der Waals surface area contributed by atoms with E-state index < -0.39 is 0 Å². The molecule has 1 atom stereocenters. The summed E-state index contributed by atoms with van der Waals surface area (Å²) in [5.41, 5.74) is 3.17. The molecule has 0 aliphatic heterocycles. The van der Waals surface area contributed by atoms with Gasteiger partial charge in [-0.05, 0) is 51.0 Å². The molecule has 5 heteroatoms. The number of aryl methyl sites for hydroxylation is 1. The molecule has 0 bridgehead atoms. The number of carbonyl (C=O) groups is 1. The number of carbonyl (C=O) groups excluding carboxylic acids is 3. The summed E-state index contributed by atoms with van der Waals surface area (Å²) >= 11 is 0. The van der Waals surface area contributed by atoms with Crippen LogP contribution in [0.5, 0.6) is 0 Å². The van der Waals surface area contributed by atoms with Gasteiger partial charge in [0.25, 0.3) is 0 Å². The second-order valence-corrected chi connectivity index (χ2v) is 6.80. The Morgan fingerprint density at radius 1 is 0.889 bits per heavy atom. The first kappa shape index (κ1) is 22.1. The molecule has 144 valence electrons. The van der Waals surface area contributed by atoms with Crippen molar-refractivity contribution in [3.05, 3.63) is 60.2 Å². The number of para-hydroxylation sites is 1. The van der Waals surface area contributed by atoms with Crippen molar-refractivity contribution in [3.8, 4) is 0 Å². The smallest absolute Gasteiger partial charge is 0.373 e. The summed E-state index contributed by atoms with van der Waals surface area (Å²) in [7, 11) is 0. The summed E-state index contributed by atoms with van der Waals surface area (Å²) in [4.78, 5) is 31.1. The molecule has 27 heavy (non-hydrogen) atoms. The van der Waals surface area contributed by atoms with E-state index in [1.54, 1.807) is 0 Å². The molecule has 0 fully saturated rings. The van der Waals surface area contributed by atoms with Crippen molar-refractivity contribution < 1.29 is 19.1 Å². The van der Waals surface area contributed by atoms with Crippen molar-refractivity contribution in [1.29, 1.82) is 0 Å². The fraction of sp³-hybridized carbons (Fsp3) is 0.364. The van der Waals surface area contributed by atoms with Crippen LogP contribution in [-0.2, 0) is 19.1 Å². The molecule has 0 aliphatic rings. The molecule has 0 radical (unpaired) electrons. The predicted octanol–water partition coefficient (Wildman–Crippen LogP) is 4.53. The van der Waals surface area contributed by atoms with Gasteiger partial charge in [-0.1, -0.05) is 49.7 Å². The van der Waals surface area contributed by atoms with Crippen LogP contribution in [0.2, 0.25) is 0 Å². The molecule has 1 unspecified atom stereocenters. The van der Waals surface area contributed by atoms with Crippen LogP contribution in [0.3, 0.4) is 0 Å². The summed E-state index contributed by atoms with van der Waals surface area (Å²) in [6, 6.07) is 17.9. The van der Waals surface area contributed by atoms with Gasteiger partial charge in [0.2, 0.25) is 0 Å². The van der Waals surface area contributed by atoms with Crippen molar-refractivity contribution in [2.75, 3.05) is 4.90 Å². The molecule has 0 N–H and O–H groups in total. The minimum atomic E-state index is -0.377. The van der Waals surface area contributed by atoms with Crippen molar-refractivity contribution in [2.24, 2.45) is 5.92 Å². The molecule has 2 rings (SSSR count). The van der Waals surface area contributed by atoms with E-state index in [0.29, 0.717) is 0 Å². The molecule has 0 amide bonds. The highest BCUT2D eigenvalue weighted by atomic mass is 16.5. The average molecular weight is 369 g/mol. The van der Waals surface area contributed by atoms with E-state index >= 15 is 0 Å². The Morgan fingerprint density at radius 2 is 1.37 bits per heavy atom. The van der Waals surface area contributed by atoms with Gasteiger partial charge in [-0.2, -0.15) is 9.59 Å². The molecule has 2 aromatic carbocycles. The van der Waals surface area contributed by atoms with Crippen LogP contribution >= 0.6 is 0 Å². The van der Waals surface area contributed by atoms with Crippen LogP contribution in [-0.4, -0.2) is 24.3 Å². The first-order chi connectivity index (χ1) is 12.8. The topological polar surface area (TPSA) is 63.7 Å². The maximum atomic E-state index is 12.8. The van der Waals surface area contributed by atoms with Crippen molar-refractivity contribution >= 4 is 23.5 Å². The second-order valence-electron chi connectivity index (χ2n) is 6.80. The Kier molecular flexibility index (Phi) is 8.97. The van der Waals surface area contributed by atoms with Gasteiger partial charge in [-0.15, -0.1) is 0 Å². The van der Waals surface area contributed by atoms with Crippen molar-refractivity contribution in [2.45, 2.75) is 46.8 Å². The lowest BCUT2D eigenvalue weighted by Crippen LogP contribution is -2.44. The predicted molar refractivity (Wildman–Crippen MR) is 105 cm³/mol. The first-order valence-corrected chi connectivity index (χ1v) is 8.92. The van der Waals surface area contributed by atoms with Crippen LogP contribution < -0.4 is 4.90 Å². The molecule has 0 spiro atoms. The number of hydrogen-bond acceptors (Lipinski definition) is 5. The molecule has 0 aliphatic carbocycles. The fourth-order valence-corrected chi connectivity index (χ4v) is 2.74. The zero-order valence-electron chi connectivity index (χ0n) is 16.5. The summed E-state index contributed by atoms with van der Waals surface area (Å²) in [6.45, 7) is 9.93. The summed E-state index contributed by atoms with van der Waals surface area (Å²) in [5.74, 6) is -0.0813. The van der Waals surface area contributed by atoms with Crippen molar-refractivity contribution in [1.82, 2.24) is 0 Å². The quantitative estimate of drug-likeness (QED) is 0.700. The third-order valence-electron chi connectivity index (χ3n) is 3.85. The number of nitrogens with zero attached hydrogens (tertiary/aromatic N) is 1. The Labute approximate surface area is 161 Å². The normalized spacial score (nSPS) is 11.2. The van der Waals surface area contributed by atoms with Gasteiger partial charge in [0, 0.05) is 11.4 Å². The zero-order chi connectivity index (χ0) is 20.4. The van der Waals surface area contributed by atoms with Crippen molar-refractivity contribution in [3.63, 3.8) is 0 Å². The van der Waals surface area contributed by atoms with Gasteiger partial charge in [0.1, 0.15) is 6.04 Å². The average Bonchev–Trinajstić information content (AvgIpc) is 2.61. The lowest BCUT2D eigenvalue weighted by atomic mass is 10.00. The Balaban J connectivity index is 0.00000114. The molecule has 2 aromatic rings. The lowest BCUT2D eigenvalue weighted by molar-refractivity contribution is -0.191. The van der Waals surface area contributed by atoms with Gasteiger partial charge in [0.15, 0.2) is 0 Å². The van der Waals surface area contributed by atoms with Crippen LogP contribution in [0.25, 0.3) is 0 Å². The van der Waals surface area contributed by atoms with E-state index in [1.807, 2.05) is 44.2 Å². The third-order valence-corrected chi connectivity index (χ3v) is 3.85. The van der Waals surface area contributed by atoms with E-state index in [9.17, 15) is 4.79 Å². The van der Waals surface area contributed by atoms with E-state index in [1.165, 1.54) is 5.56 Å². The molecule has 5 nitrogen and oxygen atoms in total. The maximum Gasteiger partial charge on any atom is 0.373 e. The summed E-state index contributed by atoms with van der Waals surface area (Å²) in [5, 5.41) is 0. The fourth-order valence-electron chi connectivity index (χ4n) is 2.74.